The molecule has 1 aromatic rings. The van der Waals surface area contributed by atoms with Crippen LogP contribution in [0, 0.1) is 5.92 Å². The van der Waals surface area contributed by atoms with Gasteiger partial charge in [0.15, 0.2) is 11.5 Å². The molecule has 0 bridgehead atoms. The molecule has 3 unspecified atom stereocenters. The molecule has 17 heavy (non-hydrogen) atoms. The zero-order valence-corrected chi connectivity index (χ0v) is 9.67. The molecule has 0 aliphatic carbocycles. The maximum absolute atomic E-state index is 6.23. The van der Waals surface area contributed by atoms with Gasteiger partial charge in [-0.2, -0.15) is 0 Å². The number of hydrogen-bond acceptors (Lipinski definition) is 4. The van der Waals surface area contributed by atoms with Crippen molar-refractivity contribution in [3.63, 3.8) is 0 Å². The SMILES string of the molecule is NC(C1CCOC1)C1COc2ccccc2O1. The molecule has 2 heterocycles. The summed E-state index contributed by atoms with van der Waals surface area (Å²) in [5.41, 5.74) is 6.23. The highest BCUT2D eigenvalue weighted by Crippen LogP contribution is 2.32. The van der Waals surface area contributed by atoms with Gasteiger partial charge in [0.25, 0.3) is 0 Å². The van der Waals surface area contributed by atoms with Crippen molar-refractivity contribution >= 4 is 0 Å². The molecule has 2 aliphatic rings. The van der Waals surface area contributed by atoms with Gasteiger partial charge in [-0.15, -0.1) is 0 Å². The van der Waals surface area contributed by atoms with E-state index in [1.54, 1.807) is 0 Å². The zero-order valence-electron chi connectivity index (χ0n) is 9.67. The van der Waals surface area contributed by atoms with Gasteiger partial charge in [-0.3, -0.25) is 0 Å². The fourth-order valence-electron chi connectivity index (χ4n) is 2.39. The molecule has 0 aromatic heterocycles. The minimum atomic E-state index is -0.0726. The van der Waals surface area contributed by atoms with E-state index in [-0.39, 0.29) is 12.1 Å². The Balaban J connectivity index is 1.70. The molecule has 1 aromatic carbocycles. The highest BCUT2D eigenvalue weighted by molar-refractivity contribution is 5.40. The lowest BCUT2D eigenvalue weighted by Crippen LogP contribution is -2.49. The summed E-state index contributed by atoms with van der Waals surface area (Å²) < 4.78 is 16.9. The van der Waals surface area contributed by atoms with E-state index in [0.717, 1.165) is 31.1 Å². The van der Waals surface area contributed by atoms with Crippen LogP contribution < -0.4 is 15.2 Å². The van der Waals surface area contributed by atoms with Crippen LogP contribution in [0.2, 0.25) is 0 Å². The van der Waals surface area contributed by atoms with E-state index < -0.39 is 0 Å². The van der Waals surface area contributed by atoms with Gasteiger partial charge >= 0.3 is 0 Å². The van der Waals surface area contributed by atoms with Crippen molar-refractivity contribution < 1.29 is 14.2 Å². The second kappa shape index (κ2) is 4.55. The fraction of sp³-hybridized carbons (Fsp3) is 0.538. The van der Waals surface area contributed by atoms with Crippen LogP contribution in [0.4, 0.5) is 0 Å². The van der Waals surface area contributed by atoms with Gasteiger partial charge in [-0.05, 0) is 18.6 Å². The largest absolute Gasteiger partial charge is 0.486 e. The first-order chi connectivity index (χ1) is 8.34. The lowest BCUT2D eigenvalue weighted by atomic mass is 9.95. The Kier molecular flexibility index (Phi) is 2.91. The number of benzene rings is 1. The Morgan fingerprint density at radius 1 is 1.18 bits per heavy atom. The predicted molar refractivity (Wildman–Crippen MR) is 63.3 cm³/mol. The molecular formula is C13H17NO3. The fourth-order valence-corrected chi connectivity index (χ4v) is 2.39. The number of ether oxygens (including phenoxy) is 3. The van der Waals surface area contributed by atoms with Gasteiger partial charge in [0.2, 0.25) is 0 Å². The monoisotopic (exact) mass is 235 g/mol. The van der Waals surface area contributed by atoms with Crippen LogP contribution in [0.3, 0.4) is 0 Å². The van der Waals surface area contributed by atoms with Crippen LogP contribution in [0.15, 0.2) is 24.3 Å². The second-order valence-electron chi connectivity index (χ2n) is 4.62. The van der Waals surface area contributed by atoms with Crippen LogP contribution in [-0.2, 0) is 4.74 Å². The molecule has 3 atom stereocenters. The third kappa shape index (κ3) is 2.10. The average molecular weight is 235 g/mol. The maximum atomic E-state index is 6.23. The third-order valence-electron chi connectivity index (χ3n) is 3.47. The summed E-state index contributed by atoms with van der Waals surface area (Å²) in [7, 11) is 0. The Bertz CT molecular complexity index is 390. The van der Waals surface area contributed by atoms with Crippen molar-refractivity contribution in [2.45, 2.75) is 18.6 Å². The highest BCUT2D eigenvalue weighted by Gasteiger charge is 2.33. The van der Waals surface area contributed by atoms with Crippen molar-refractivity contribution in [2.24, 2.45) is 11.7 Å². The number of para-hydroxylation sites is 2. The normalized spacial score (nSPS) is 29.0. The average Bonchev–Trinajstić information content (AvgIpc) is 2.91. The number of nitrogens with two attached hydrogens (primary N) is 1. The van der Waals surface area contributed by atoms with Crippen molar-refractivity contribution in [2.75, 3.05) is 19.8 Å². The summed E-state index contributed by atoms with van der Waals surface area (Å²) in [6, 6.07) is 7.68. The second-order valence-corrected chi connectivity index (χ2v) is 4.62. The highest BCUT2D eigenvalue weighted by atomic mass is 16.6. The smallest absolute Gasteiger partial charge is 0.161 e. The zero-order chi connectivity index (χ0) is 11.7. The first kappa shape index (κ1) is 10.9. The topological polar surface area (TPSA) is 53.7 Å². The van der Waals surface area contributed by atoms with Crippen molar-refractivity contribution in [3.05, 3.63) is 24.3 Å². The minimum Gasteiger partial charge on any atom is -0.486 e. The van der Waals surface area contributed by atoms with E-state index in [1.165, 1.54) is 0 Å². The molecule has 4 nitrogen and oxygen atoms in total. The van der Waals surface area contributed by atoms with Gasteiger partial charge in [0.1, 0.15) is 12.7 Å². The molecule has 4 heteroatoms. The number of fused-ring (bicyclic) bond motifs is 1. The molecular weight excluding hydrogens is 218 g/mol. The van der Waals surface area contributed by atoms with E-state index in [2.05, 4.69) is 0 Å². The van der Waals surface area contributed by atoms with Crippen LogP contribution in [0.5, 0.6) is 11.5 Å². The molecule has 0 radical (unpaired) electrons. The summed E-state index contributed by atoms with van der Waals surface area (Å²) in [6.07, 6.45) is 0.944. The van der Waals surface area contributed by atoms with Gasteiger partial charge in [0.05, 0.1) is 12.6 Å². The molecule has 2 N–H and O–H groups in total. The summed E-state index contributed by atoms with van der Waals surface area (Å²) in [4.78, 5) is 0. The van der Waals surface area contributed by atoms with E-state index >= 15 is 0 Å². The molecule has 0 spiro atoms. The quantitative estimate of drug-likeness (QED) is 0.836. The van der Waals surface area contributed by atoms with Crippen LogP contribution in [0.25, 0.3) is 0 Å². The third-order valence-corrected chi connectivity index (χ3v) is 3.47. The Morgan fingerprint density at radius 3 is 2.76 bits per heavy atom. The summed E-state index contributed by atoms with van der Waals surface area (Å²) >= 11 is 0. The summed E-state index contributed by atoms with van der Waals surface area (Å²) in [5, 5.41) is 0. The van der Waals surface area contributed by atoms with Gasteiger partial charge in [-0.25, -0.2) is 0 Å². The Morgan fingerprint density at radius 2 is 2.00 bits per heavy atom. The van der Waals surface area contributed by atoms with E-state index in [0.29, 0.717) is 12.5 Å². The first-order valence-electron chi connectivity index (χ1n) is 6.06. The minimum absolute atomic E-state index is 0.0224. The lowest BCUT2D eigenvalue weighted by molar-refractivity contribution is 0.0532. The van der Waals surface area contributed by atoms with E-state index in [4.69, 9.17) is 19.9 Å². The standard InChI is InChI=1S/C13H17NO3/c14-13(9-5-6-15-7-9)12-8-16-10-3-1-2-4-11(10)17-12/h1-4,9,12-13H,5-8,14H2. The van der Waals surface area contributed by atoms with Crippen molar-refractivity contribution in [1.29, 1.82) is 0 Å². The molecule has 1 saturated heterocycles. The van der Waals surface area contributed by atoms with Gasteiger partial charge in [0, 0.05) is 12.5 Å². The van der Waals surface area contributed by atoms with Crippen LogP contribution in [-0.4, -0.2) is 32.0 Å². The Hall–Kier alpha value is -1.26. The number of rotatable bonds is 2. The Labute approximate surface area is 101 Å². The lowest BCUT2D eigenvalue weighted by Gasteiger charge is -2.32. The molecule has 0 amide bonds. The number of hydrogen-bond donors (Lipinski definition) is 1. The van der Waals surface area contributed by atoms with Gasteiger partial charge in [-0.1, -0.05) is 12.1 Å². The molecule has 2 aliphatic heterocycles. The van der Waals surface area contributed by atoms with Crippen LogP contribution in [0.1, 0.15) is 6.42 Å². The van der Waals surface area contributed by atoms with Crippen LogP contribution >= 0.6 is 0 Å². The van der Waals surface area contributed by atoms with Crippen molar-refractivity contribution in [1.82, 2.24) is 0 Å². The summed E-state index contributed by atoms with van der Waals surface area (Å²) in [5.74, 6) is 1.98. The molecule has 92 valence electrons. The molecule has 0 saturated carbocycles. The van der Waals surface area contributed by atoms with Crippen molar-refractivity contribution in [3.8, 4) is 11.5 Å². The summed E-state index contributed by atoms with van der Waals surface area (Å²) in [6.45, 7) is 2.07. The first-order valence-corrected chi connectivity index (χ1v) is 6.06. The van der Waals surface area contributed by atoms with Gasteiger partial charge < -0.3 is 19.9 Å². The van der Waals surface area contributed by atoms with E-state index in [9.17, 15) is 0 Å². The van der Waals surface area contributed by atoms with E-state index in [1.807, 2.05) is 24.3 Å². The molecule has 3 rings (SSSR count). The maximum Gasteiger partial charge on any atom is 0.161 e. The predicted octanol–water partition coefficient (Wildman–Crippen LogP) is 1.19. The molecule has 1 fully saturated rings.